The number of unbranched alkanes of at least 4 members (excludes halogenated alkanes) is 14. The average Bonchev–Trinajstić information content (AvgIpc) is 3.40. The summed E-state index contributed by atoms with van der Waals surface area (Å²) in [5.41, 5.74) is 0. The summed E-state index contributed by atoms with van der Waals surface area (Å²) in [5.74, 6) is -0.864. The maximum atomic E-state index is 12.0. The monoisotopic (exact) mass is 596 g/mol. The third-order valence-corrected chi connectivity index (χ3v) is 6.79. The summed E-state index contributed by atoms with van der Waals surface area (Å²) < 4.78 is 15.1. The molecule has 1 rings (SSSR count). The molecule has 0 aromatic carbocycles. The minimum absolute atomic E-state index is 0. The minimum Gasteiger partial charge on any atom is -1.00 e. The maximum absolute atomic E-state index is 12.0. The number of nitrogens with zero attached hydrogens (tertiary/aromatic N) is 2. The van der Waals surface area contributed by atoms with Gasteiger partial charge in [0.25, 0.3) is 0 Å². The molecular weight excluding hydrogens is 544 g/mol. The molecule has 0 aliphatic heterocycles. The fraction of sp³-hybridized carbons (Fsp3) is 0.710. The van der Waals surface area contributed by atoms with Gasteiger partial charge in [0.2, 0.25) is 18.8 Å². The molecule has 0 aliphatic rings. The highest BCUT2D eigenvalue weighted by atomic mass is 79.9. The van der Waals surface area contributed by atoms with E-state index < -0.39 is 24.4 Å². The molecule has 0 bridgehead atoms. The first-order chi connectivity index (χ1) is 18.0. The molecule has 0 spiro atoms. The lowest BCUT2D eigenvalue weighted by molar-refractivity contribution is -0.757. The second-order valence-electron chi connectivity index (χ2n) is 10.0. The largest absolute Gasteiger partial charge is 1.00 e. The van der Waals surface area contributed by atoms with Crippen LogP contribution in [0.3, 0.4) is 0 Å². The molecule has 7 heteroatoms. The molecular formula is C31H53BrN2O4. The van der Waals surface area contributed by atoms with E-state index in [1.54, 1.807) is 0 Å². The number of carbonyl (C=O) groups is 2. The van der Waals surface area contributed by atoms with Gasteiger partial charge in [-0.25, -0.2) is 9.59 Å². The first kappa shape index (κ1) is 36.1. The van der Waals surface area contributed by atoms with Gasteiger partial charge in [-0.15, -0.1) is 0 Å². The van der Waals surface area contributed by atoms with Crippen LogP contribution in [-0.2, 0) is 19.1 Å². The number of imidazole rings is 1. The number of esters is 2. The summed E-state index contributed by atoms with van der Waals surface area (Å²) in [6, 6.07) is 0. The van der Waals surface area contributed by atoms with Crippen molar-refractivity contribution >= 4 is 11.9 Å². The summed E-state index contributed by atoms with van der Waals surface area (Å²) in [5, 5.41) is 0. The Kier molecular flexibility index (Phi) is 23.0. The smallest absolute Gasteiger partial charge is 0.333 e. The summed E-state index contributed by atoms with van der Waals surface area (Å²) in [6.07, 6.45) is 28.2. The Bertz CT molecular complexity index is 704. The number of carbonyl (C=O) groups excluding carboxylic acids is 2. The van der Waals surface area contributed by atoms with Crippen molar-refractivity contribution in [1.82, 2.24) is 4.57 Å². The van der Waals surface area contributed by atoms with Gasteiger partial charge < -0.3 is 26.5 Å². The van der Waals surface area contributed by atoms with E-state index in [1.807, 2.05) is 27.9 Å². The fourth-order valence-electron chi connectivity index (χ4n) is 4.53. The van der Waals surface area contributed by atoms with Gasteiger partial charge in [0.1, 0.15) is 12.4 Å². The molecule has 38 heavy (non-hydrogen) atoms. The first-order valence-electron chi connectivity index (χ1n) is 14.8. The van der Waals surface area contributed by atoms with Crippen molar-refractivity contribution in [2.24, 2.45) is 0 Å². The van der Waals surface area contributed by atoms with Crippen LogP contribution in [0.25, 0.3) is 0 Å². The van der Waals surface area contributed by atoms with Crippen LogP contribution in [0.1, 0.15) is 142 Å². The lowest BCUT2D eigenvalue weighted by atomic mass is 10.1. The van der Waals surface area contributed by atoms with Gasteiger partial charge in [-0.05, 0) is 12.8 Å². The van der Waals surface area contributed by atoms with Crippen LogP contribution in [0.5, 0.6) is 0 Å². The predicted octanol–water partition coefficient (Wildman–Crippen LogP) is 5.30. The summed E-state index contributed by atoms with van der Waals surface area (Å²) in [7, 11) is 0. The highest BCUT2D eigenvalue weighted by Crippen LogP contribution is 2.20. The van der Waals surface area contributed by atoms with E-state index in [1.165, 1.54) is 89.2 Å². The van der Waals surface area contributed by atoms with E-state index in [0.29, 0.717) is 0 Å². The van der Waals surface area contributed by atoms with Crippen LogP contribution in [0.2, 0.25) is 0 Å². The van der Waals surface area contributed by atoms with Crippen LogP contribution in [0.15, 0.2) is 44.0 Å². The second kappa shape index (κ2) is 24.2. The molecule has 0 saturated heterocycles. The van der Waals surface area contributed by atoms with Crippen molar-refractivity contribution < 1.29 is 40.6 Å². The van der Waals surface area contributed by atoms with Crippen LogP contribution < -0.4 is 21.5 Å². The Labute approximate surface area is 242 Å². The highest BCUT2D eigenvalue weighted by Gasteiger charge is 2.25. The Hall–Kier alpha value is -1.89. The van der Waals surface area contributed by atoms with Crippen molar-refractivity contribution in [3.05, 3.63) is 44.0 Å². The van der Waals surface area contributed by atoms with E-state index in [2.05, 4.69) is 27.0 Å². The van der Waals surface area contributed by atoms with Crippen molar-refractivity contribution in [1.29, 1.82) is 0 Å². The van der Waals surface area contributed by atoms with Crippen LogP contribution >= 0.6 is 0 Å². The molecule has 1 heterocycles. The fourth-order valence-corrected chi connectivity index (χ4v) is 4.53. The van der Waals surface area contributed by atoms with Crippen molar-refractivity contribution in [2.75, 3.05) is 0 Å². The van der Waals surface area contributed by atoms with Gasteiger partial charge in [0, 0.05) is 25.0 Å². The number of hydrogen-bond donors (Lipinski definition) is 0. The molecule has 218 valence electrons. The predicted molar refractivity (Wildman–Crippen MR) is 150 cm³/mol. The number of aromatic nitrogens is 2. The number of rotatable bonds is 24. The summed E-state index contributed by atoms with van der Waals surface area (Å²) in [4.78, 5) is 24.0. The van der Waals surface area contributed by atoms with Crippen molar-refractivity contribution in [3.8, 4) is 0 Å². The van der Waals surface area contributed by atoms with Crippen LogP contribution in [0.4, 0.5) is 0 Å². The molecule has 6 nitrogen and oxygen atoms in total. The lowest BCUT2D eigenvalue weighted by Crippen LogP contribution is -3.00. The molecule has 0 amide bonds. The second-order valence-corrected chi connectivity index (χ2v) is 10.0. The molecule has 0 aliphatic carbocycles. The molecule has 1 aromatic heterocycles. The SMILES string of the molecule is C=CC(=O)OC(CCCCCCCCCC)n1cc[n+](C(CCCCCCCCCC)OC(=O)C=C)c1.[Br-]. The molecule has 0 fully saturated rings. The van der Waals surface area contributed by atoms with Gasteiger partial charge in [0.15, 0.2) is 0 Å². The zero-order valence-electron chi connectivity index (χ0n) is 24.1. The molecule has 0 radical (unpaired) electrons. The molecule has 2 atom stereocenters. The molecule has 0 saturated carbocycles. The van der Waals surface area contributed by atoms with E-state index >= 15 is 0 Å². The van der Waals surface area contributed by atoms with Gasteiger partial charge >= 0.3 is 11.9 Å². The number of ether oxygens (including phenoxy) is 2. The Morgan fingerprint density at radius 1 is 0.737 bits per heavy atom. The van der Waals surface area contributed by atoms with Crippen molar-refractivity contribution in [2.45, 2.75) is 142 Å². The Morgan fingerprint density at radius 3 is 1.68 bits per heavy atom. The zero-order chi connectivity index (χ0) is 27.1. The van der Waals surface area contributed by atoms with Crippen LogP contribution in [0, 0.1) is 0 Å². The van der Waals surface area contributed by atoms with Gasteiger partial charge in [-0.1, -0.05) is 117 Å². The molecule has 0 N–H and O–H groups in total. The zero-order valence-corrected chi connectivity index (χ0v) is 25.7. The van der Waals surface area contributed by atoms with Gasteiger partial charge in [-0.2, -0.15) is 9.13 Å². The number of hydrogen-bond acceptors (Lipinski definition) is 4. The standard InChI is InChI=1S/C31H53N2O4.BrH/c1-5-9-11-13-15-17-19-21-23-28(36-30(34)7-3)32-25-26-33(27-32)29(37-31(35)8-4)24-22-20-18-16-14-12-10-6-2;/h7-8,25-29H,3-6,9-24H2,1-2H3;1H/q+1;/p-1. The van der Waals surface area contributed by atoms with E-state index in [0.717, 1.165) is 38.5 Å². The van der Waals surface area contributed by atoms with Crippen LogP contribution in [-0.4, -0.2) is 16.5 Å². The minimum atomic E-state index is -0.432. The first-order valence-corrected chi connectivity index (χ1v) is 14.8. The summed E-state index contributed by atoms with van der Waals surface area (Å²) >= 11 is 0. The molecule has 1 aromatic rings. The third-order valence-electron chi connectivity index (χ3n) is 6.79. The number of halogens is 1. The van der Waals surface area contributed by atoms with Gasteiger partial charge in [-0.3, -0.25) is 0 Å². The quantitative estimate of drug-likeness (QED) is 0.0703. The highest BCUT2D eigenvalue weighted by molar-refractivity contribution is 5.81. The van der Waals surface area contributed by atoms with E-state index in [-0.39, 0.29) is 17.0 Å². The Balaban J connectivity index is 0.0000137. The van der Waals surface area contributed by atoms with Crippen molar-refractivity contribution in [3.63, 3.8) is 0 Å². The maximum Gasteiger partial charge on any atom is 0.333 e. The van der Waals surface area contributed by atoms with Gasteiger partial charge in [0.05, 0.1) is 0 Å². The normalized spacial score (nSPS) is 12.3. The molecule has 2 unspecified atom stereocenters. The van der Waals surface area contributed by atoms with E-state index in [9.17, 15) is 9.59 Å². The third kappa shape index (κ3) is 16.8. The summed E-state index contributed by atoms with van der Waals surface area (Å²) in [6.45, 7) is 11.6. The topological polar surface area (TPSA) is 61.4 Å². The average molecular weight is 598 g/mol. The Morgan fingerprint density at radius 2 is 1.18 bits per heavy atom. The van der Waals surface area contributed by atoms with E-state index in [4.69, 9.17) is 9.47 Å². The lowest BCUT2D eigenvalue weighted by Gasteiger charge is -2.15.